The molecule has 9 nitrogen and oxygen atoms in total. The number of hydrogen-bond donors (Lipinski definition) is 1. The molecule has 1 heterocycles. The van der Waals surface area contributed by atoms with Crippen LogP contribution in [0.15, 0.2) is 40.0 Å². The average molecular weight is 388 g/mol. The van der Waals surface area contributed by atoms with E-state index in [-0.39, 0.29) is 5.82 Å². The van der Waals surface area contributed by atoms with Crippen LogP contribution in [0, 0.1) is 0 Å². The fraction of sp³-hybridized carbons (Fsp3) is 0.214. The molecule has 2 aromatic rings. The van der Waals surface area contributed by atoms with Crippen molar-refractivity contribution in [2.45, 2.75) is 18.4 Å². The Balaban J connectivity index is 2.38. The number of sulfonamides is 1. The van der Waals surface area contributed by atoms with E-state index in [1.807, 2.05) is 0 Å². The number of alkyl halides is 2. The van der Waals surface area contributed by atoms with Gasteiger partial charge >= 0.3 is 18.3 Å². The summed E-state index contributed by atoms with van der Waals surface area (Å²) in [7, 11) is -3.26. The van der Waals surface area contributed by atoms with Crippen LogP contribution in [0.5, 0.6) is 5.75 Å². The highest BCUT2D eigenvalue weighted by atomic mass is 32.2. The van der Waals surface area contributed by atoms with Crippen LogP contribution in [0.2, 0.25) is 0 Å². The number of carbonyl (C=O) groups excluding carboxylic acids is 1. The Kier molecular flexibility index (Phi) is 5.55. The van der Waals surface area contributed by atoms with Gasteiger partial charge in [0, 0.05) is 7.05 Å². The Labute approximate surface area is 146 Å². The lowest BCUT2D eigenvalue weighted by Crippen LogP contribution is -2.40. The highest BCUT2D eigenvalue weighted by Crippen LogP contribution is 2.24. The molecule has 0 aliphatic rings. The maximum atomic E-state index is 12.4. The summed E-state index contributed by atoms with van der Waals surface area (Å²) in [5.41, 5.74) is -0.886. The molecule has 0 fully saturated rings. The Morgan fingerprint density at radius 1 is 1.35 bits per heavy atom. The Bertz CT molecular complexity index is 1010. The number of benzene rings is 1. The average Bonchev–Trinajstić information content (AvgIpc) is 2.83. The molecule has 140 valence electrons. The van der Waals surface area contributed by atoms with Crippen LogP contribution >= 0.6 is 0 Å². The number of hydrogen-bond acceptors (Lipinski definition) is 6. The van der Waals surface area contributed by atoms with E-state index in [2.05, 4.69) is 9.84 Å². The summed E-state index contributed by atoms with van der Waals surface area (Å²) in [5.74, 6) is -0.530. The summed E-state index contributed by atoms with van der Waals surface area (Å²) in [6.07, 6.45) is 3.00. The van der Waals surface area contributed by atoms with Crippen LogP contribution in [0.3, 0.4) is 0 Å². The molecule has 26 heavy (non-hydrogen) atoms. The third-order valence-electron chi connectivity index (χ3n) is 3.10. The van der Waals surface area contributed by atoms with Crippen molar-refractivity contribution in [1.82, 2.24) is 19.1 Å². The first-order valence-electron chi connectivity index (χ1n) is 7.07. The second-order valence-electron chi connectivity index (χ2n) is 4.85. The van der Waals surface area contributed by atoms with E-state index >= 15 is 0 Å². The maximum absolute atomic E-state index is 12.4. The molecule has 1 aromatic carbocycles. The number of amides is 1. The van der Waals surface area contributed by atoms with Gasteiger partial charge in [0.05, 0.1) is 0 Å². The molecule has 2 rings (SSSR count). The Morgan fingerprint density at radius 3 is 2.62 bits per heavy atom. The van der Waals surface area contributed by atoms with Crippen LogP contribution < -0.4 is 15.1 Å². The predicted octanol–water partition coefficient (Wildman–Crippen LogP) is 1.16. The van der Waals surface area contributed by atoms with Gasteiger partial charge in [0.2, 0.25) is 0 Å². The van der Waals surface area contributed by atoms with Crippen molar-refractivity contribution in [1.29, 1.82) is 0 Å². The summed E-state index contributed by atoms with van der Waals surface area (Å²) >= 11 is 0. The molecule has 0 unspecified atom stereocenters. The van der Waals surface area contributed by atoms with E-state index < -0.39 is 39.0 Å². The number of allylic oxidation sites excluding steroid dienone is 1. The van der Waals surface area contributed by atoms with Gasteiger partial charge in [-0.3, -0.25) is 4.57 Å². The molecule has 0 spiro atoms. The molecule has 0 atom stereocenters. The first kappa shape index (κ1) is 19.3. The third kappa shape index (κ3) is 3.96. The van der Waals surface area contributed by atoms with Gasteiger partial charge in [-0.15, -0.1) is 9.78 Å². The molecular weight excluding hydrogens is 374 g/mol. The van der Waals surface area contributed by atoms with Crippen LogP contribution in [0.1, 0.15) is 12.7 Å². The van der Waals surface area contributed by atoms with E-state index in [1.165, 1.54) is 25.3 Å². The summed E-state index contributed by atoms with van der Waals surface area (Å²) in [4.78, 5) is 23.4. The van der Waals surface area contributed by atoms with Crippen molar-refractivity contribution < 1.29 is 26.7 Å². The number of para-hydroxylation sites is 1. The standard InChI is InChI=1S/C14H14F2N4O5S/c1-3-6-11-17-20(14(22)19(11)2)13(21)18-26(23,24)10-8-5-4-7-9(10)25-12(15)16/h3-8,12H,1-2H3,(H,18,21)/b6-3+. The van der Waals surface area contributed by atoms with Crippen LogP contribution in [0.4, 0.5) is 13.6 Å². The van der Waals surface area contributed by atoms with E-state index in [0.29, 0.717) is 4.68 Å². The minimum Gasteiger partial charge on any atom is -0.433 e. The fourth-order valence-corrected chi connectivity index (χ4v) is 3.02. The van der Waals surface area contributed by atoms with Crippen molar-refractivity contribution in [2.24, 2.45) is 7.05 Å². The quantitative estimate of drug-likeness (QED) is 0.823. The van der Waals surface area contributed by atoms with Crippen LogP contribution in [-0.2, 0) is 17.1 Å². The van der Waals surface area contributed by atoms with Gasteiger partial charge in [0.15, 0.2) is 5.82 Å². The largest absolute Gasteiger partial charge is 0.433 e. The first-order chi connectivity index (χ1) is 12.2. The number of aromatic nitrogens is 3. The van der Waals surface area contributed by atoms with Crippen LogP contribution in [0.25, 0.3) is 6.08 Å². The molecule has 1 aromatic heterocycles. The van der Waals surface area contributed by atoms with E-state index in [4.69, 9.17) is 0 Å². The molecule has 1 amide bonds. The SMILES string of the molecule is C/C=C/c1nn(C(=O)NS(=O)(=O)c2ccccc2OC(F)F)c(=O)n1C. The minimum atomic E-state index is -4.60. The van der Waals surface area contributed by atoms with Gasteiger partial charge in [-0.05, 0) is 25.1 Å². The molecule has 0 aliphatic heterocycles. The van der Waals surface area contributed by atoms with Gasteiger partial charge in [-0.1, -0.05) is 18.2 Å². The van der Waals surface area contributed by atoms with Gasteiger partial charge in [-0.2, -0.15) is 8.78 Å². The number of carbonyl (C=O) groups is 1. The highest BCUT2D eigenvalue weighted by molar-refractivity contribution is 7.90. The third-order valence-corrected chi connectivity index (χ3v) is 4.46. The summed E-state index contributed by atoms with van der Waals surface area (Å²) in [6.45, 7) is -1.60. The van der Waals surface area contributed by atoms with Crippen molar-refractivity contribution in [2.75, 3.05) is 0 Å². The highest BCUT2D eigenvalue weighted by Gasteiger charge is 2.26. The lowest BCUT2D eigenvalue weighted by molar-refractivity contribution is -0.0517. The van der Waals surface area contributed by atoms with E-state index in [9.17, 15) is 26.8 Å². The van der Waals surface area contributed by atoms with E-state index in [1.54, 1.807) is 17.7 Å². The summed E-state index contributed by atoms with van der Waals surface area (Å²) in [5, 5.41) is 3.70. The second-order valence-corrected chi connectivity index (χ2v) is 6.50. The molecule has 0 radical (unpaired) electrons. The molecule has 0 saturated carbocycles. The van der Waals surface area contributed by atoms with Crippen molar-refractivity contribution >= 4 is 22.1 Å². The maximum Gasteiger partial charge on any atom is 0.387 e. The number of halogens is 2. The van der Waals surface area contributed by atoms with Crippen molar-refractivity contribution in [3.63, 3.8) is 0 Å². The van der Waals surface area contributed by atoms with Gasteiger partial charge < -0.3 is 4.74 Å². The van der Waals surface area contributed by atoms with Gasteiger partial charge in [0.1, 0.15) is 10.6 Å². The van der Waals surface area contributed by atoms with Crippen molar-refractivity contribution in [3.8, 4) is 5.75 Å². The second kappa shape index (κ2) is 7.47. The molecule has 0 bridgehead atoms. The van der Waals surface area contributed by atoms with Crippen LogP contribution in [-0.4, -0.2) is 35.4 Å². The molecule has 0 aliphatic carbocycles. The van der Waals surface area contributed by atoms with E-state index in [0.717, 1.165) is 16.7 Å². The lowest BCUT2D eigenvalue weighted by Gasteiger charge is -2.11. The zero-order chi connectivity index (χ0) is 19.5. The van der Waals surface area contributed by atoms with Crippen molar-refractivity contribution in [3.05, 3.63) is 46.7 Å². The Hall–Kier alpha value is -3.02. The Morgan fingerprint density at radius 2 is 2.00 bits per heavy atom. The number of nitrogens with one attached hydrogen (secondary N) is 1. The molecule has 12 heteroatoms. The minimum absolute atomic E-state index is 0.117. The normalized spacial score (nSPS) is 11.9. The number of rotatable bonds is 5. The smallest absolute Gasteiger partial charge is 0.387 e. The molecule has 0 saturated heterocycles. The predicted molar refractivity (Wildman–Crippen MR) is 86.4 cm³/mol. The fourth-order valence-electron chi connectivity index (χ4n) is 1.96. The number of nitrogens with zero attached hydrogens (tertiary/aromatic N) is 3. The molecular formula is C14H14F2N4O5S. The molecule has 1 N–H and O–H groups in total. The van der Waals surface area contributed by atoms with Gasteiger partial charge in [0.25, 0.3) is 10.0 Å². The zero-order valence-electron chi connectivity index (χ0n) is 13.6. The zero-order valence-corrected chi connectivity index (χ0v) is 14.4. The van der Waals surface area contributed by atoms with Gasteiger partial charge in [-0.25, -0.2) is 22.7 Å². The topological polar surface area (TPSA) is 112 Å². The lowest BCUT2D eigenvalue weighted by atomic mass is 10.3. The summed E-state index contributed by atoms with van der Waals surface area (Å²) in [6, 6.07) is 3.15. The number of ether oxygens (including phenoxy) is 1. The summed E-state index contributed by atoms with van der Waals surface area (Å²) < 4.78 is 56.6. The monoisotopic (exact) mass is 388 g/mol. The first-order valence-corrected chi connectivity index (χ1v) is 8.55.